The fourth-order valence-electron chi connectivity index (χ4n) is 2.02. The molecule has 0 radical (unpaired) electrons. The third-order valence-electron chi connectivity index (χ3n) is 2.97. The van der Waals surface area contributed by atoms with Gasteiger partial charge in [-0.05, 0) is 12.1 Å². The number of rotatable bonds is 2. The van der Waals surface area contributed by atoms with Crippen molar-refractivity contribution in [2.75, 3.05) is 11.4 Å². The first-order valence-corrected chi connectivity index (χ1v) is 7.50. The van der Waals surface area contributed by atoms with Gasteiger partial charge in [0.1, 0.15) is 0 Å². The molecule has 1 fully saturated rings. The van der Waals surface area contributed by atoms with Crippen LogP contribution in [0.15, 0.2) is 34.1 Å². The lowest BCUT2D eigenvalue weighted by atomic mass is 10.2. The van der Waals surface area contributed by atoms with E-state index in [0.717, 1.165) is 15.7 Å². The molecule has 1 aliphatic heterocycles. The summed E-state index contributed by atoms with van der Waals surface area (Å²) in [5, 5.41) is 12.1. The Hall–Kier alpha value is -1.24. The molecular weight excluding hydrogens is 328 g/mol. The molecule has 1 amide bonds. The first-order chi connectivity index (χ1) is 9.13. The molecule has 19 heavy (non-hydrogen) atoms. The molecule has 1 aromatic heterocycles. The zero-order chi connectivity index (χ0) is 13.4. The maximum Gasteiger partial charge on any atom is 0.231 e. The summed E-state index contributed by atoms with van der Waals surface area (Å²) < 4.78 is 1.02. The van der Waals surface area contributed by atoms with Crippen LogP contribution in [0.2, 0.25) is 0 Å². The van der Waals surface area contributed by atoms with E-state index in [0.29, 0.717) is 11.7 Å². The second-order valence-corrected chi connectivity index (χ2v) is 6.14. The molecule has 0 saturated carbocycles. The largest absolute Gasteiger partial charge is 0.391 e. The van der Waals surface area contributed by atoms with Crippen LogP contribution in [-0.2, 0) is 4.79 Å². The van der Waals surface area contributed by atoms with Gasteiger partial charge in [0.2, 0.25) is 5.91 Å². The normalized spacial score (nSPS) is 19.2. The maximum absolute atomic E-state index is 11.7. The molecule has 4 nitrogen and oxygen atoms in total. The summed E-state index contributed by atoms with van der Waals surface area (Å²) in [6.45, 7) is 0.339. The van der Waals surface area contributed by atoms with E-state index >= 15 is 0 Å². The number of hydrogen-bond donors (Lipinski definition) is 1. The molecule has 2 heterocycles. The molecule has 1 unspecified atom stereocenters. The van der Waals surface area contributed by atoms with Crippen LogP contribution in [0.5, 0.6) is 0 Å². The maximum atomic E-state index is 11.7. The molecule has 1 atom stereocenters. The zero-order valence-electron chi connectivity index (χ0n) is 9.91. The van der Waals surface area contributed by atoms with Gasteiger partial charge in [0, 0.05) is 15.4 Å². The number of nitrogens with zero attached hydrogens (tertiary/aromatic N) is 2. The number of thiazole rings is 1. The highest BCUT2D eigenvalue weighted by molar-refractivity contribution is 9.10. The minimum absolute atomic E-state index is 0.0655. The highest BCUT2D eigenvalue weighted by atomic mass is 79.9. The van der Waals surface area contributed by atoms with Crippen molar-refractivity contribution in [3.63, 3.8) is 0 Å². The third-order valence-corrected chi connectivity index (χ3v) is 4.36. The molecule has 0 bridgehead atoms. The van der Waals surface area contributed by atoms with E-state index < -0.39 is 6.10 Å². The van der Waals surface area contributed by atoms with Crippen molar-refractivity contribution >= 4 is 38.3 Å². The molecule has 0 spiro atoms. The topological polar surface area (TPSA) is 53.4 Å². The van der Waals surface area contributed by atoms with Crippen molar-refractivity contribution < 1.29 is 9.90 Å². The Morgan fingerprint density at radius 1 is 1.37 bits per heavy atom. The van der Waals surface area contributed by atoms with Crippen LogP contribution in [0.4, 0.5) is 5.13 Å². The Bertz CT molecular complexity index is 611. The van der Waals surface area contributed by atoms with Gasteiger partial charge in [-0.2, -0.15) is 0 Å². The van der Waals surface area contributed by atoms with Crippen molar-refractivity contribution in [2.24, 2.45) is 0 Å². The smallest absolute Gasteiger partial charge is 0.231 e. The van der Waals surface area contributed by atoms with Gasteiger partial charge in [0.05, 0.1) is 24.8 Å². The van der Waals surface area contributed by atoms with E-state index in [9.17, 15) is 9.90 Å². The Morgan fingerprint density at radius 3 is 2.74 bits per heavy atom. The summed E-state index contributed by atoms with van der Waals surface area (Å²) in [4.78, 5) is 17.7. The van der Waals surface area contributed by atoms with Gasteiger partial charge in [-0.25, -0.2) is 4.98 Å². The van der Waals surface area contributed by atoms with Crippen LogP contribution in [0.25, 0.3) is 11.3 Å². The minimum Gasteiger partial charge on any atom is -0.391 e. The van der Waals surface area contributed by atoms with Gasteiger partial charge in [0.15, 0.2) is 5.13 Å². The van der Waals surface area contributed by atoms with E-state index in [1.165, 1.54) is 11.3 Å². The first kappa shape index (κ1) is 12.8. The molecule has 2 aromatic rings. The van der Waals surface area contributed by atoms with Gasteiger partial charge in [-0.15, -0.1) is 11.3 Å². The Kier molecular flexibility index (Phi) is 3.38. The van der Waals surface area contributed by atoms with Gasteiger partial charge >= 0.3 is 0 Å². The molecule has 98 valence electrons. The lowest BCUT2D eigenvalue weighted by molar-refractivity contribution is -0.117. The summed E-state index contributed by atoms with van der Waals surface area (Å²) in [5.41, 5.74) is 1.86. The lowest BCUT2D eigenvalue weighted by Gasteiger charge is -2.10. The Balaban J connectivity index is 1.87. The lowest BCUT2D eigenvalue weighted by Crippen LogP contribution is -2.24. The molecular formula is C13H11BrN2O2S. The SMILES string of the molecule is O=C1CC(O)CN1c1nc(-c2ccc(Br)cc2)cs1. The number of carbonyl (C=O) groups excluding carboxylic acids is 1. The molecule has 1 aromatic carbocycles. The molecule has 0 aliphatic carbocycles. The predicted molar refractivity (Wildman–Crippen MR) is 78.2 cm³/mol. The van der Waals surface area contributed by atoms with E-state index in [-0.39, 0.29) is 12.3 Å². The molecule has 3 rings (SSSR count). The van der Waals surface area contributed by atoms with Gasteiger partial charge in [-0.3, -0.25) is 9.69 Å². The van der Waals surface area contributed by atoms with Crippen LogP contribution in [0, 0.1) is 0 Å². The number of anilines is 1. The van der Waals surface area contributed by atoms with Crippen molar-refractivity contribution in [2.45, 2.75) is 12.5 Å². The number of aliphatic hydroxyl groups excluding tert-OH is 1. The number of amides is 1. The van der Waals surface area contributed by atoms with Crippen molar-refractivity contribution in [1.29, 1.82) is 0 Å². The summed E-state index contributed by atoms with van der Waals surface area (Å²) in [5.74, 6) is -0.0655. The number of halogens is 1. The van der Waals surface area contributed by atoms with Crippen LogP contribution in [0.1, 0.15) is 6.42 Å². The fraction of sp³-hybridized carbons (Fsp3) is 0.231. The summed E-state index contributed by atoms with van der Waals surface area (Å²) in [6, 6.07) is 7.87. The van der Waals surface area contributed by atoms with Crippen LogP contribution in [0.3, 0.4) is 0 Å². The van der Waals surface area contributed by atoms with Crippen molar-refractivity contribution in [3.05, 3.63) is 34.1 Å². The number of aromatic nitrogens is 1. The van der Waals surface area contributed by atoms with E-state index in [1.54, 1.807) is 4.90 Å². The van der Waals surface area contributed by atoms with E-state index in [2.05, 4.69) is 20.9 Å². The van der Waals surface area contributed by atoms with E-state index in [1.807, 2.05) is 29.6 Å². The first-order valence-electron chi connectivity index (χ1n) is 5.83. The highest BCUT2D eigenvalue weighted by Gasteiger charge is 2.30. The minimum atomic E-state index is -0.576. The highest BCUT2D eigenvalue weighted by Crippen LogP contribution is 2.30. The molecule has 1 saturated heterocycles. The van der Waals surface area contributed by atoms with Crippen molar-refractivity contribution in [1.82, 2.24) is 4.98 Å². The van der Waals surface area contributed by atoms with Crippen LogP contribution < -0.4 is 4.90 Å². The zero-order valence-corrected chi connectivity index (χ0v) is 12.3. The average Bonchev–Trinajstić information content (AvgIpc) is 2.97. The van der Waals surface area contributed by atoms with Crippen molar-refractivity contribution in [3.8, 4) is 11.3 Å². The number of aliphatic hydroxyl groups is 1. The van der Waals surface area contributed by atoms with Crippen LogP contribution in [-0.4, -0.2) is 28.6 Å². The average molecular weight is 339 g/mol. The summed E-state index contributed by atoms with van der Waals surface area (Å²) >= 11 is 4.82. The second-order valence-electron chi connectivity index (χ2n) is 4.38. The number of β-amino-alcohol motifs (C(OH)–C–C–N with tert-alkyl or cyclic N) is 1. The fourth-order valence-corrected chi connectivity index (χ4v) is 3.14. The predicted octanol–water partition coefficient (Wildman–Crippen LogP) is 2.67. The van der Waals surface area contributed by atoms with Gasteiger partial charge in [0.25, 0.3) is 0 Å². The van der Waals surface area contributed by atoms with E-state index in [4.69, 9.17) is 0 Å². The molecule has 1 N–H and O–H groups in total. The van der Waals surface area contributed by atoms with Gasteiger partial charge < -0.3 is 5.11 Å². The molecule has 1 aliphatic rings. The standard InChI is InChI=1S/C13H11BrN2O2S/c14-9-3-1-8(2-4-9)11-7-19-13(15-11)16-6-10(17)5-12(16)18/h1-4,7,10,17H,5-6H2. The number of carbonyl (C=O) groups is 1. The Morgan fingerprint density at radius 2 is 2.11 bits per heavy atom. The molecule has 6 heteroatoms. The summed E-state index contributed by atoms with van der Waals surface area (Å²) in [7, 11) is 0. The van der Waals surface area contributed by atoms with Crippen LogP contribution >= 0.6 is 27.3 Å². The monoisotopic (exact) mass is 338 g/mol. The Labute approximate surface area is 122 Å². The number of hydrogen-bond acceptors (Lipinski definition) is 4. The quantitative estimate of drug-likeness (QED) is 0.915. The number of benzene rings is 1. The van der Waals surface area contributed by atoms with Gasteiger partial charge in [-0.1, -0.05) is 28.1 Å². The summed E-state index contributed by atoms with van der Waals surface area (Å²) in [6.07, 6.45) is -0.389. The second kappa shape index (κ2) is 5.03. The third kappa shape index (κ3) is 2.56.